The number of nitrogens with two attached hydrogens (primary N) is 1. The van der Waals surface area contributed by atoms with Crippen LogP contribution >= 0.6 is 0 Å². The second-order valence-corrected chi connectivity index (χ2v) is 6.24. The number of nitrogens with one attached hydrogen (secondary N) is 1. The van der Waals surface area contributed by atoms with E-state index in [0.717, 1.165) is 33.6 Å². The number of fused-ring (bicyclic) bond motifs is 1. The molecule has 0 saturated heterocycles. The zero-order valence-electron chi connectivity index (χ0n) is 14.6. The Balaban J connectivity index is 2.08. The highest BCUT2D eigenvalue weighted by atomic mass is 16.5. The molecule has 1 heterocycles. The van der Waals surface area contributed by atoms with Crippen molar-refractivity contribution < 1.29 is 9.53 Å². The average molecular weight is 337 g/mol. The molecule has 3 rings (SSSR count). The number of ether oxygens (including phenoxy) is 1. The molecule has 0 atom stereocenters. The van der Waals surface area contributed by atoms with Crippen molar-refractivity contribution in [2.24, 2.45) is 0 Å². The summed E-state index contributed by atoms with van der Waals surface area (Å²) in [5, 5.41) is 7.73. The van der Waals surface area contributed by atoms with Gasteiger partial charge in [0.15, 0.2) is 0 Å². The van der Waals surface area contributed by atoms with E-state index in [1.54, 1.807) is 0 Å². The molecule has 0 radical (unpaired) electrons. The fourth-order valence-electron chi connectivity index (χ4n) is 3.27. The van der Waals surface area contributed by atoms with E-state index in [1.165, 1.54) is 6.21 Å². The van der Waals surface area contributed by atoms with Gasteiger partial charge in [0, 0.05) is 36.0 Å². The minimum atomic E-state index is 0.127. The highest BCUT2D eigenvalue weighted by molar-refractivity contribution is 5.96. The number of rotatable bonds is 3. The zero-order chi connectivity index (χ0) is 18.0. The maximum atomic E-state index is 12.1. The van der Waals surface area contributed by atoms with Crippen molar-refractivity contribution in [2.45, 2.75) is 26.8 Å². The van der Waals surface area contributed by atoms with Gasteiger partial charge in [-0.15, -0.1) is 0 Å². The van der Waals surface area contributed by atoms with E-state index in [-0.39, 0.29) is 5.91 Å². The predicted octanol–water partition coefficient (Wildman–Crippen LogP) is 3.37. The van der Waals surface area contributed by atoms with Crippen LogP contribution in [0.4, 0.5) is 5.69 Å². The normalized spacial score (nSPS) is 13.6. The summed E-state index contributed by atoms with van der Waals surface area (Å²) in [5.41, 5.74) is 11.3. The lowest BCUT2D eigenvalue weighted by atomic mass is 9.93. The average Bonchev–Trinajstić information content (AvgIpc) is 2.84. The first kappa shape index (κ1) is 17.0. The fourth-order valence-corrected chi connectivity index (χ4v) is 3.27. The van der Waals surface area contributed by atoms with Crippen LogP contribution in [0.5, 0.6) is 5.75 Å². The van der Waals surface area contributed by atoms with Crippen molar-refractivity contribution in [3.05, 3.63) is 47.0 Å². The largest absolute Gasteiger partial charge is 0.491 e. The van der Waals surface area contributed by atoms with Gasteiger partial charge >= 0.3 is 0 Å². The fraction of sp³-hybridized carbons (Fsp3) is 0.300. The molecule has 0 aromatic heterocycles. The second kappa shape index (κ2) is 6.97. The van der Waals surface area contributed by atoms with Crippen LogP contribution in [0.1, 0.15) is 30.0 Å². The molecule has 0 aliphatic carbocycles. The van der Waals surface area contributed by atoms with Gasteiger partial charge in [-0.3, -0.25) is 4.79 Å². The van der Waals surface area contributed by atoms with Crippen molar-refractivity contribution in [2.75, 3.05) is 18.9 Å². The van der Waals surface area contributed by atoms with Gasteiger partial charge in [-0.2, -0.15) is 0 Å². The van der Waals surface area contributed by atoms with Gasteiger partial charge in [-0.05, 0) is 41.8 Å². The van der Waals surface area contributed by atoms with Crippen molar-refractivity contribution >= 4 is 17.8 Å². The van der Waals surface area contributed by atoms with E-state index in [2.05, 4.69) is 0 Å². The smallest absolute Gasteiger partial charge is 0.222 e. The Bertz CT molecular complexity index is 830. The Morgan fingerprint density at radius 1 is 1.36 bits per heavy atom. The van der Waals surface area contributed by atoms with E-state index in [4.69, 9.17) is 15.9 Å². The number of hydrogen-bond acceptors (Lipinski definition) is 4. The van der Waals surface area contributed by atoms with Gasteiger partial charge in [-0.1, -0.05) is 19.1 Å². The maximum absolute atomic E-state index is 12.1. The number of benzene rings is 2. The van der Waals surface area contributed by atoms with Gasteiger partial charge in [0.1, 0.15) is 12.4 Å². The molecule has 1 aliphatic heterocycles. The molecule has 0 unspecified atom stereocenters. The molecule has 0 bridgehead atoms. The van der Waals surface area contributed by atoms with Crippen LogP contribution in [0.3, 0.4) is 0 Å². The van der Waals surface area contributed by atoms with Crippen LogP contribution < -0.4 is 10.5 Å². The van der Waals surface area contributed by atoms with Gasteiger partial charge in [0.25, 0.3) is 0 Å². The van der Waals surface area contributed by atoms with E-state index in [0.29, 0.717) is 31.8 Å². The number of carbonyl (C=O) groups is 1. The monoisotopic (exact) mass is 337 g/mol. The van der Waals surface area contributed by atoms with Crippen LogP contribution in [0, 0.1) is 12.3 Å². The summed E-state index contributed by atoms with van der Waals surface area (Å²) in [7, 11) is 0. The molecule has 0 fully saturated rings. The van der Waals surface area contributed by atoms with E-state index in [1.807, 2.05) is 49.1 Å². The first-order chi connectivity index (χ1) is 12.0. The van der Waals surface area contributed by atoms with Crippen LogP contribution in [-0.4, -0.2) is 30.2 Å². The zero-order valence-corrected chi connectivity index (χ0v) is 14.6. The Kier molecular flexibility index (Phi) is 4.74. The number of nitrogens with zero attached hydrogens (tertiary/aromatic N) is 1. The minimum absolute atomic E-state index is 0.127. The van der Waals surface area contributed by atoms with Gasteiger partial charge < -0.3 is 20.8 Å². The molecular weight excluding hydrogens is 314 g/mol. The molecular formula is C20H23N3O2. The molecule has 130 valence electrons. The van der Waals surface area contributed by atoms with Gasteiger partial charge in [0.2, 0.25) is 5.91 Å². The standard InChI is InChI=1S/C20H23N3O2/c1-3-19(24)23-8-9-25-18-7-5-14(10-15(18)12-23)20-13(2)4-6-17(22)16(20)11-21/h4-7,10-11,21H,3,8-9,12,22H2,1-2H3. The predicted molar refractivity (Wildman–Crippen MR) is 100 cm³/mol. The number of carbonyl (C=O) groups excluding carboxylic acids is 1. The van der Waals surface area contributed by atoms with Crippen molar-refractivity contribution in [3.63, 3.8) is 0 Å². The first-order valence-electron chi connectivity index (χ1n) is 8.48. The number of nitrogen functional groups attached to an aromatic ring is 1. The topological polar surface area (TPSA) is 79.4 Å². The van der Waals surface area contributed by atoms with E-state index < -0.39 is 0 Å². The third kappa shape index (κ3) is 3.22. The van der Waals surface area contributed by atoms with Crippen LogP contribution in [-0.2, 0) is 11.3 Å². The molecule has 1 aliphatic rings. The number of amides is 1. The Morgan fingerprint density at radius 3 is 2.88 bits per heavy atom. The highest BCUT2D eigenvalue weighted by Gasteiger charge is 2.20. The quantitative estimate of drug-likeness (QED) is 0.666. The van der Waals surface area contributed by atoms with Crippen molar-refractivity contribution in [3.8, 4) is 16.9 Å². The number of aryl methyl sites for hydroxylation is 1. The SMILES string of the molecule is CCC(=O)N1CCOc2ccc(-c3c(C)ccc(N)c3C=N)cc2C1. The third-order valence-electron chi connectivity index (χ3n) is 4.62. The van der Waals surface area contributed by atoms with E-state index in [9.17, 15) is 4.79 Å². The summed E-state index contributed by atoms with van der Waals surface area (Å²) in [4.78, 5) is 13.9. The summed E-state index contributed by atoms with van der Waals surface area (Å²) >= 11 is 0. The molecule has 2 aromatic carbocycles. The molecule has 0 saturated carbocycles. The van der Waals surface area contributed by atoms with Crippen LogP contribution in [0.25, 0.3) is 11.1 Å². The Morgan fingerprint density at radius 2 is 2.16 bits per heavy atom. The van der Waals surface area contributed by atoms with Crippen molar-refractivity contribution in [1.29, 1.82) is 5.41 Å². The van der Waals surface area contributed by atoms with Gasteiger partial charge in [-0.25, -0.2) is 0 Å². The van der Waals surface area contributed by atoms with Crippen LogP contribution in [0.15, 0.2) is 30.3 Å². The maximum Gasteiger partial charge on any atom is 0.222 e. The molecule has 2 aromatic rings. The molecule has 5 nitrogen and oxygen atoms in total. The molecule has 0 spiro atoms. The van der Waals surface area contributed by atoms with Crippen molar-refractivity contribution in [1.82, 2.24) is 4.90 Å². The Hall–Kier alpha value is -2.82. The lowest BCUT2D eigenvalue weighted by Gasteiger charge is -2.19. The summed E-state index contributed by atoms with van der Waals surface area (Å²) in [5.74, 6) is 0.940. The first-order valence-corrected chi connectivity index (χ1v) is 8.48. The molecule has 1 amide bonds. The third-order valence-corrected chi connectivity index (χ3v) is 4.62. The van der Waals surface area contributed by atoms with Gasteiger partial charge in [0.05, 0.1) is 6.54 Å². The summed E-state index contributed by atoms with van der Waals surface area (Å²) in [6, 6.07) is 9.78. The summed E-state index contributed by atoms with van der Waals surface area (Å²) < 4.78 is 5.81. The summed E-state index contributed by atoms with van der Waals surface area (Å²) in [6.07, 6.45) is 1.79. The number of anilines is 1. The molecule has 25 heavy (non-hydrogen) atoms. The second-order valence-electron chi connectivity index (χ2n) is 6.24. The molecule has 3 N–H and O–H groups in total. The lowest BCUT2D eigenvalue weighted by Crippen LogP contribution is -2.31. The number of hydrogen-bond donors (Lipinski definition) is 2. The minimum Gasteiger partial charge on any atom is -0.491 e. The van der Waals surface area contributed by atoms with Crippen LogP contribution in [0.2, 0.25) is 0 Å². The highest BCUT2D eigenvalue weighted by Crippen LogP contribution is 2.34. The van der Waals surface area contributed by atoms with E-state index >= 15 is 0 Å². The Labute approximate surface area is 147 Å². The molecule has 5 heteroatoms. The summed E-state index contributed by atoms with van der Waals surface area (Å²) in [6.45, 7) is 5.52. The lowest BCUT2D eigenvalue weighted by molar-refractivity contribution is -0.131.